The molecule has 0 fully saturated rings. The lowest BCUT2D eigenvalue weighted by Gasteiger charge is -2.16. The summed E-state index contributed by atoms with van der Waals surface area (Å²) >= 11 is 0. The zero-order valence-corrected chi connectivity index (χ0v) is 17.3. The van der Waals surface area contributed by atoms with Crippen LogP contribution in [-0.2, 0) is 11.2 Å². The summed E-state index contributed by atoms with van der Waals surface area (Å²) in [5.41, 5.74) is 2.80. The summed E-state index contributed by atoms with van der Waals surface area (Å²) in [6.07, 6.45) is -3.91. The van der Waals surface area contributed by atoms with Crippen molar-refractivity contribution in [2.45, 2.75) is 52.8 Å². The van der Waals surface area contributed by atoms with E-state index in [2.05, 4.69) is 15.3 Å². The number of aromatic nitrogens is 2. The van der Waals surface area contributed by atoms with E-state index in [9.17, 15) is 22.8 Å². The zero-order valence-electron chi connectivity index (χ0n) is 17.3. The van der Waals surface area contributed by atoms with Gasteiger partial charge in [-0.3, -0.25) is 14.6 Å². The van der Waals surface area contributed by atoms with Gasteiger partial charge < -0.3 is 10.1 Å². The van der Waals surface area contributed by atoms with Gasteiger partial charge in [0.25, 0.3) is 5.91 Å². The number of Topliss-reactive ketones (excluding diaryl/α,β-unsaturated/α-hetero) is 1. The van der Waals surface area contributed by atoms with Gasteiger partial charge in [0.2, 0.25) is 0 Å². The number of aryl methyl sites for hydroxylation is 2. The van der Waals surface area contributed by atoms with Gasteiger partial charge in [-0.15, -0.1) is 0 Å². The molecule has 0 aliphatic carbocycles. The van der Waals surface area contributed by atoms with Gasteiger partial charge in [0.15, 0.2) is 0 Å². The van der Waals surface area contributed by atoms with Crippen LogP contribution in [0, 0.1) is 13.8 Å². The highest BCUT2D eigenvalue weighted by molar-refractivity contribution is 5.92. The van der Waals surface area contributed by atoms with Crippen molar-refractivity contribution >= 4 is 11.7 Å². The number of pyridine rings is 2. The maximum Gasteiger partial charge on any atom is 0.392 e. The Balaban J connectivity index is 2.06. The molecule has 2 aromatic rings. The average Bonchev–Trinajstić information content (AvgIpc) is 2.60. The molecule has 9 heteroatoms. The van der Waals surface area contributed by atoms with Crippen molar-refractivity contribution in [3.63, 3.8) is 0 Å². The van der Waals surface area contributed by atoms with E-state index in [1.807, 2.05) is 13.0 Å². The van der Waals surface area contributed by atoms with E-state index in [4.69, 9.17) is 4.74 Å². The fourth-order valence-electron chi connectivity index (χ4n) is 2.81. The first-order valence-corrected chi connectivity index (χ1v) is 9.38. The molecule has 0 saturated heterocycles. The molecule has 0 aliphatic heterocycles. The Bertz CT molecular complexity index is 929. The van der Waals surface area contributed by atoms with Crippen LogP contribution in [0.3, 0.4) is 0 Å². The number of halogens is 3. The molecule has 2 aromatic heterocycles. The maximum atomic E-state index is 12.6. The van der Waals surface area contributed by atoms with E-state index >= 15 is 0 Å². The van der Waals surface area contributed by atoms with Crippen molar-refractivity contribution in [3.05, 3.63) is 52.6 Å². The van der Waals surface area contributed by atoms with E-state index in [0.717, 1.165) is 11.3 Å². The first-order chi connectivity index (χ1) is 13.9. The predicted molar refractivity (Wildman–Crippen MR) is 104 cm³/mol. The van der Waals surface area contributed by atoms with E-state index in [1.165, 1.54) is 19.2 Å². The third kappa shape index (κ3) is 7.13. The molecule has 0 spiro atoms. The van der Waals surface area contributed by atoms with Crippen molar-refractivity contribution in [2.24, 2.45) is 0 Å². The summed E-state index contributed by atoms with van der Waals surface area (Å²) in [7, 11) is 0. The Kier molecular flexibility index (Phi) is 7.53. The van der Waals surface area contributed by atoms with Gasteiger partial charge in [-0.1, -0.05) is 0 Å². The smallest absolute Gasteiger partial charge is 0.392 e. The van der Waals surface area contributed by atoms with Crippen molar-refractivity contribution in [1.29, 1.82) is 0 Å². The summed E-state index contributed by atoms with van der Waals surface area (Å²) in [6, 6.07) is 4.69. The van der Waals surface area contributed by atoms with Gasteiger partial charge in [-0.05, 0) is 57.0 Å². The summed E-state index contributed by atoms with van der Waals surface area (Å²) in [6.45, 7) is 6.21. The quantitative estimate of drug-likeness (QED) is 0.693. The summed E-state index contributed by atoms with van der Waals surface area (Å²) in [5, 5.41) is 2.83. The number of nitrogens with one attached hydrogen (secondary N) is 1. The number of ketones is 1. The zero-order chi connectivity index (χ0) is 22.5. The molecule has 6 nitrogen and oxygen atoms in total. The minimum Gasteiger partial charge on any atom is -0.491 e. The molecule has 1 N–H and O–H groups in total. The molecule has 0 bridgehead atoms. The largest absolute Gasteiger partial charge is 0.491 e. The van der Waals surface area contributed by atoms with Crippen LogP contribution in [0.1, 0.15) is 59.3 Å². The summed E-state index contributed by atoms with van der Waals surface area (Å²) < 4.78 is 41.8. The van der Waals surface area contributed by atoms with Crippen LogP contribution < -0.4 is 10.1 Å². The number of ether oxygens (including phenoxy) is 1. The Hall–Kier alpha value is -2.97. The molecule has 1 unspecified atom stereocenters. The summed E-state index contributed by atoms with van der Waals surface area (Å²) in [5.74, 6) is -0.245. The highest BCUT2D eigenvalue weighted by Crippen LogP contribution is 2.22. The lowest BCUT2D eigenvalue weighted by atomic mass is 10.1. The molecular weight excluding hydrogens is 399 g/mol. The van der Waals surface area contributed by atoms with E-state index in [-0.39, 0.29) is 29.7 Å². The summed E-state index contributed by atoms with van der Waals surface area (Å²) in [4.78, 5) is 32.2. The van der Waals surface area contributed by atoms with Crippen molar-refractivity contribution in [1.82, 2.24) is 15.3 Å². The Labute approximate surface area is 172 Å². The third-order valence-electron chi connectivity index (χ3n) is 4.24. The molecule has 2 rings (SSSR count). The van der Waals surface area contributed by atoms with Gasteiger partial charge in [0.05, 0.1) is 25.3 Å². The van der Waals surface area contributed by atoms with Gasteiger partial charge in [0.1, 0.15) is 17.2 Å². The van der Waals surface area contributed by atoms with Crippen LogP contribution in [0.2, 0.25) is 0 Å². The van der Waals surface area contributed by atoms with Crippen LogP contribution in [0.25, 0.3) is 0 Å². The number of carbonyl (C=O) groups excluding carboxylic acids is 2. The molecule has 0 aromatic carbocycles. The molecule has 30 heavy (non-hydrogen) atoms. The molecular formula is C21H24F3N3O3. The monoisotopic (exact) mass is 423 g/mol. The van der Waals surface area contributed by atoms with Crippen molar-refractivity contribution in [2.75, 3.05) is 6.61 Å². The van der Waals surface area contributed by atoms with E-state index in [1.54, 1.807) is 19.9 Å². The molecule has 1 atom stereocenters. The molecule has 0 saturated carbocycles. The Morgan fingerprint density at radius 3 is 2.50 bits per heavy atom. The maximum absolute atomic E-state index is 12.6. The van der Waals surface area contributed by atoms with E-state index < -0.39 is 25.1 Å². The molecule has 0 aliphatic rings. The second-order valence-electron chi connectivity index (χ2n) is 7.16. The van der Waals surface area contributed by atoms with Crippen LogP contribution in [-0.4, -0.2) is 34.4 Å². The standard InChI is InChI=1S/C21H24F3N3O3/c1-12-7-18(25-11-19(12)30-6-5-21(22,23)24)20(29)27-15(4)16-8-13(2)26-17(10-16)9-14(3)28/h7-8,10-11,15H,5-6,9H2,1-4H3,(H,27,29). The number of carbonyl (C=O) groups is 2. The lowest BCUT2D eigenvalue weighted by Crippen LogP contribution is -2.27. The average molecular weight is 423 g/mol. The highest BCUT2D eigenvalue weighted by Gasteiger charge is 2.27. The van der Waals surface area contributed by atoms with Gasteiger partial charge in [-0.2, -0.15) is 13.2 Å². The fourth-order valence-corrected chi connectivity index (χ4v) is 2.81. The first kappa shape index (κ1) is 23.3. The molecule has 2 heterocycles. The minimum absolute atomic E-state index is 0.00652. The second kappa shape index (κ2) is 9.69. The van der Waals surface area contributed by atoms with Crippen LogP contribution in [0.4, 0.5) is 13.2 Å². The third-order valence-corrected chi connectivity index (χ3v) is 4.24. The number of nitrogens with zero attached hydrogens (tertiary/aromatic N) is 2. The topological polar surface area (TPSA) is 81.2 Å². The van der Waals surface area contributed by atoms with Crippen LogP contribution >= 0.6 is 0 Å². The van der Waals surface area contributed by atoms with Crippen molar-refractivity contribution in [3.8, 4) is 5.75 Å². The van der Waals surface area contributed by atoms with Gasteiger partial charge in [0, 0.05) is 17.8 Å². The minimum atomic E-state index is -4.30. The highest BCUT2D eigenvalue weighted by atomic mass is 19.4. The van der Waals surface area contributed by atoms with Crippen molar-refractivity contribution < 1.29 is 27.5 Å². The predicted octanol–water partition coefficient (Wildman–Crippen LogP) is 4.05. The Morgan fingerprint density at radius 2 is 1.90 bits per heavy atom. The molecule has 0 radical (unpaired) electrons. The van der Waals surface area contributed by atoms with Crippen LogP contribution in [0.5, 0.6) is 5.75 Å². The van der Waals surface area contributed by atoms with Crippen LogP contribution in [0.15, 0.2) is 24.4 Å². The Morgan fingerprint density at radius 1 is 1.20 bits per heavy atom. The van der Waals surface area contributed by atoms with Gasteiger partial charge in [-0.25, -0.2) is 4.98 Å². The lowest BCUT2D eigenvalue weighted by molar-refractivity contribution is -0.139. The second-order valence-corrected chi connectivity index (χ2v) is 7.16. The number of rotatable bonds is 8. The number of alkyl halides is 3. The molecule has 1 amide bonds. The number of amides is 1. The van der Waals surface area contributed by atoms with Gasteiger partial charge >= 0.3 is 6.18 Å². The fraction of sp³-hybridized carbons (Fsp3) is 0.429. The first-order valence-electron chi connectivity index (χ1n) is 9.38. The van der Waals surface area contributed by atoms with E-state index in [0.29, 0.717) is 11.3 Å². The normalized spacial score (nSPS) is 12.4. The molecule has 162 valence electrons. The SMILES string of the molecule is CC(=O)Cc1cc(C(C)NC(=O)c2cc(C)c(OCCC(F)(F)F)cn2)cc(C)n1. The number of hydrogen-bond acceptors (Lipinski definition) is 5. The number of hydrogen-bond donors (Lipinski definition) is 1.